The summed E-state index contributed by atoms with van der Waals surface area (Å²) in [5.41, 5.74) is 1.40. The van der Waals surface area contributed by atoms with Gasteiger partial charge in [0, 0.05) is 6.54 Å². The number of ether oxygens (including phenoxy) is 1. The number of fused-ring (bicyclic) bond motifs is 1. The lowest BCUT2D eigenvalue weighted by molar-refractivity contribution is -0.143. The molecule has 0 spiro atoms. The van der Waals surface area contributed by atoms with Crippen molar-refractivity contribution in [2.45, 2.75) is 32.2 Å². The number of benzene rings is 3. The van der Waals surface area contributed by atoms with E-state index in [-0.39, 0.29) is 18.3 Å². The SMILES string of the molecule is COC(=O)CCN(C(=O)Cc1ccccc1)C(C)(C)c1ccc2ccccc2c1. The molecule has 0 aliphatic heterocycles. The van der Waals surface area contributed by atoms with Gasteiger partial charge in [-0.25, -0.2) is 0 Å². The van der Waals surface area contributed by atoms with Crippen molar-refractivity contribution in [1.29, 1.82) is 0 Å². The van der Waals surface area contributed by atoms with E-state index in [1.807, 2.05) is 56.3 Å². The zero-order chi connectivity index (χ0) is 20.9. The highest BCUT2D eigenvalue weighted by Gasteiger charge is 2.33. The Morgan fingerprint density at radius 3 is 2.24 bits per heavy atom. The van der Waals surface area contributed by atoms with Gasteiger partial charge in [0.2, 0.25) is 5.91 Å². The van der Waals surface area contributed by atoms with Crippen molar-refractivity contribution in [2.24, 2.45) is 0 Å². The Hall–Kier alpha value is -3.14. The first kappa shape index (κ1) is 20.6. The summed E-state index contributed by atoms with van der Waals surface area (Å²) in [6, 6.07) is 24.1. The average Bonchev–Trinajstić information content (AvgIpc) is 2.73. The molecule has 0 fully saturated rings. The van der Waals surface area contributed by atoms with Gasteiger partial charge in [-0.2, -0.15) is 0 Å². The third-order valence-electron chi connectivity index (χ3n) is 5.40. The van der Waals surface area contributed by atoms with E-state index in [1.54, 1.807) is 4.90 Å². The summed E-state index contributed by atoms with van der Waals surface area (Å²) < 4.78 is 4.80. The first-order valence-corrected chi connectivity index (χ1v) is 9.82. The number of nitrogens with zero attached hydrogens (tertiary/aromatic N) is 1. The molecule has 0 heterocycles. The molecule has 0 aliphatic carbocycles. The molecule has 0 unspecified atom stereocenters. The largest absolute Gasteiger partial charge is 0.469 e. The normalized spacial score (nSPS) is 11.3. The predicted molar refractivity (Wildman–Crippen MR) is 115 cm³/mol. The Bertz CT molecular complexity index is 995. The van der Waals surface area contributed by atoms with Gasteiger partial charge in [-0.1, -0.05) is 66.7 Å². The van der Waals surface area contributed by atoms with Crippen molar-refractivity contribution in [3.05, 3.63) is 83.9 Å². The molecule has 4 heteroatoms. The molecule has 29 heavy (non-hydrogen) atoms. The molecule has 0 aromatic heterocycles. The molecule has 0 atom stereocenters. The van der Waals surface area contributed by atoms with Crippen LogP contribution in [0.25, 0.3) is 10.8 Å². The van der Waals surface area contributed by atoms with E-state index in [0.29, 0.717) is 13.0 Å². The number of methoxy groups -OCH3 is 1. The number of hydrogen-bond acceptors (Lipinski definition) is 3. The van der Waals surface area contributed by atoms with E-state index in [4.69, 9.17) is 4.74 Å². The van der Waals surface area contributed by atoms with Crippen LogP contribution in [0.3, 0.4) is 0 Å². The summed E-state index contributed by atoms with van der Waals surface area (Å²) in [6.07, 6.45) is 0.451. The molecule has 4 nitrogen and oxygen atoms in total. The molecule has 0 aliphatic rings. The Labute approximate surface area is 172 Å². The van der Waals surface area contributed by atoms with Crippen LogP contribution >= 0.6 is 0 Å². The van der Waals surface area contributed by atoms with Gasteiger partial charge in [0.25, 0.3) is 0 Å². The number of esters is 1. The molecule has 0 bridgehead atoms. The molecule has 0 saturated heterocycles. The molecule has 150 valence electrons. The fourth-order valence-electron chi connectivity index (χ4n) is 3.61. The lowest BCUT2D eigenvalue weighted by Gasteiger charge is -2.39. The molecular weight excluding hydrogens is 362 g/mol. The monoisotopic (exact) mass is 389 g/mol. The van der Waals surface area contributed by atoms with E-state index in [1.165, 1.54) is 7.11 Å². The minimum Gasteiger partial charge on any atom is -0.469 e. The first-order valence-electron chi connectivity index (χ1n) is 9.82. The number of carbonyl (C=O) groups is 2. The van der Waals surface area contributed by atoms with E-state index in [9.17, 15) is 9.59 Å². The maximum Gasteiger partial charge on any atom is 0.307 e. The maximum atomic E-state index is 13.3. The van der Waals surface area contributed by atoms with Crippen molar-refractivity contribution in [2.75, 3.05) is 13.7 Å². The summed E-state index contributed by atoms with van der Waals surface area (Å²) in [5.74, 6) is -0.338. The van der Waals surface area contributed by atoms with Crippen molar-refractivity contribution in [3.8, 4) is 0 Å². The van der Waals surface area contributed by atoms with Gasteiger partial charge in [-0.3, -0.25) is 9.59 Å². The van der Waals surface area contributed by atoms with Crippen LogP contribution in [0.5, 0.6) is 0 Å². The first-order chi connectivity index (χ1) is 13.9. The molecule has 3 rings (SSSR count). The highest BCUT2D eigenvalue weighted by molar-refractivity contribution is 5.84. The smallest absolute Gasteiger partial charge is 0.307 e. The summed E-state index contributed by atoms with van der Waals surface area (Å²) in [4.78, 5) is 26.8. The highest BCUT2D eigenvalue weighted by Crippen LogP contribution is 2.31. The second kappa shape index (κ2) is 8.91. The summed E-state index contributed by atoms with van der Waals surface area (Å²) >= 11 is 0. The maximum absolute atomic E-state index is 13.3. The minimum absolute atomic E-state index is 0.0155. The summed E-state index contributed by atoms with van der Waals surface area (Å²) in [5, 5.41) is 2.28. The highest BCUT2D eigenvalue weighted by atomic mass is 16.5. The van der Waals surface area contributed by atoms with Gasteiger partial charge in [0.15, 0.2) is 0 Å². The van der Waals surface area contributed by atoms with Gasteiger partial charge < -0.3 is 9.64 Å². The standard InChI is InChI=1S/C25H27NO3/c1-25(2,22-14-13-20-11-7-8-12-21(20)18-22)26(16-15-24(28)29-3)23(27)17-19-9-5-4-6-10-19/h4-14,18H,15-17H2,1-3H3. The summed E-state index contributed by atoms with van der Waals surface area (Å²) in [7, 11) is 1.37. The van der Waals surface area contributed by atoms with Crippen LogP contribution in [-0.4, -0.2) is 30.4 Å². The van der Waals surface area contributed by atoms with Crippen LogP contribution in [0, 0.1) is 0 Å². The van der Waals surface area contributed by atoms with Gasteiger partial charge in [-0.05, 0) is 41.8 Å². The number of amides is 1. The van der Waals surface area contributed by atoms with Gasteiger partial charge in [0.05, 0.1) is 25.5 Å². The third-order valence-corrected chi connectivity index (χ3v) is 5.40. The van der Waals surface area contributed by atoms with E-state index >= 15 is 0 Å². The Morgan fingerprint density at radius 1 is 0.897 bits per heavy atom. The Kier molecular flexibility index (Phi) is 6.32. The zero-order valence-electron chi connectivity index (χ0n) is 17.2. The number of rotatable bonds is 7. The Balaban J connectivity index is 1.93. The van der Waals surface area contributed by atoms with Gasteiger partial charge in [0.1, 0.15) is 0 Å². The molecule has 0 saturated carbocycles. The molecule has 1 amide bonds. The van der Waals surface area contributed by atoms with E-state index in [2.05, 4.69) is 30.3 Å². The van der Waals surface area contributed by atoms with Crippen LogP contribution in [0.4, 0.5) is 0 Å². The quantitative estimate of drug-likeness (QED) is 0.550. The fourth-order valence-corrected chi connectivity index (χ4v) is 3.61. The number of hydrogen-bond donors (Lipinski definition) is 0. The number of carbonyl (C=O) groups excluding carboxylic acids is 2. The third kappa shape index (κ3) is 4.83. The van der Waals surface area contributed by atoms with Gasteiger partial charge >= 0.3 is 5.97 Å². The average molecular weight is 389 g/mol. The molecule has 3 aromatic rings. The zero-order valence-corrected chi connectivity index (χ0v) is 17.2. The topological polar surface area (TPSA) is 46.6 Å². The minimum atomic E-state index is -0.579. The van der Waals surface area contributed by atoms with E-state index in [0.717, 1.165) is 21.9 Å². The lowest BCUT2D eigenvalue weighted by Crippen LogP contribution is -2.47. The van der Waals surface area contributed by atoms with Crippen LogP contribution in [0.15, 0.2) is 72.8 Å². The second-order valence-electron chi connectivity index (χ2n) is 7.65. The van der Waals surface area contributed by atoms with Crippen molar-refractivity contribution in [3.63, 3.8) is 0 Å². The predicted octanol–water partition coefficient (Wildman–Crippen LogP) is 4.71. The van der Waals surface area contributed by atoms with Crippen LogP contribution in [-0.2, 0) is 26.3 Å². The Morgan fingerprint density at radius 2 is 1.55 bits per heavy atom. The van der Waals surface area contributed by atoms with Crippen LogP contribution in [0.1, 0.15) is 31.4 Å². The van der Waals surface area contributed by atoms with Crippen LogP contribution < -0.4 is 0 Å². The molecule has 0 radical (unpaired) electrons. The summed E-state index contributed by atoms with van der Waals surface area (Å²) in [6.45, 7) is 4.35. The molecule has 3 aromatic carbocycles. The van der Waals surface area contributed by atoms with Crippen molar-refractivity contribution in [1.82, 2.24) is 4.90 Å². The van der Waals surface area contributed by atoms with Crippen LogP contribution in [0.2, 0.25) is 0 Å². The lowest BCUT2D eigenvalue weighted by atomic mass is 9.89. The van der Waals surface area contributed by atoms with E-state index < -0.39 is 5.54 Å². The van der Waals surface area contributed by atoms with Gasteiger partial charge in [-0.15, -0.1) is 0 Å². The van der Waals surface area contributed by atoms with Crippen molar-refractivity contribution >= 4 is 22.6 Å². The second-order valence-corrected chi connectivity index (χ2v) is 7.65. The molecule has 0 N–H and O–H groups in total. The van der Waals surface area contributed by atoms with Crippen molar-refractivity contribution < 1.29 is 14.3 Å². The fraction of sp³-hybridized carbons (Fsp3) is 0.280. The molecular formula is C25H27NO3.